The molecule has 2 heterocycles. The predicted octanol–water partition coefficient (Wildman–Crippen LogP) is 1.30. The fourth-order valence-corrected chi connectivity index (χ4v) is 3.42. The number of nitrogens with zero attached hydrogens (tertiary/aromatic N) is 2. The first-order valence-electron chi connectivity index (χ1n) is 8.25. The van der Waals surface area contributed by atoms with Crippen molar-refractivity contribution in [3.8, 4) is 5.75 Å². The second-order valence-corrected chi connectivity index (χ2v) is 6.29. The molecule has 0 amide bonds. The predicted molar refractivity (Wildman–Crippen MR) is 86.3 cm³/mol. The summed E-state index contributed by atoms with van der Waals surface area (Å²) < 4.78 is 5.36. The van der Waals surface area contributed by atoms with E-state index in [1.807, 2.05) is 18.2 Å². The third-order valence-electron chi connectivity index (χ3n) is 4.85. The summed E-state index contributed by atoms with van der Waals surface area (Å²) in [5.74, 6) is 0.725. The SMILES string of the molecule is Oc1ccccc1N1CCN(CC(O)C2CCOCC2)CC1. The Morgan fingerprint density at radius 1 is 1.09 bits per heavy atom. The van der Waals surface area contributed by atoms with Gasteiger partial charge < -0.3 is 19.8 Å². The number of β-amino-alcohol motifs (C(OH)–C–C–N with tert-alkyl or cyclic N) is 1. The van der Waals surface area contributed by atoms with Crippen LogP contribution >= 0.6 is 0 Å². The van der Waals surface area contributed by atoms with E-state index in [0.29, 0.717) is 11.7 Å². The van der Waals surface area contributed by atoms with Crippen LogP contribution in [-0.4, -0.2) is 67.2 Å². The normalized spacial score (nSPS) is 22.7. The topological polar surface area (TPSA) is 56.2 Å². The largest absolute Gasteiger partial charge is 0.506 e. The summed E-state index contributed by atoms with van der Waals surface area (Å²) in [5.41, 5.74) is 0.909. The molecule has 1 atom stereocenters. The molecule has 1 aromatic carbocycles. The highest BCUT2D eigenvalue weighted by Crippen LogP contribution is 2.27. The van der Waals surface area contributed by atoms with E-state index in [-0.39, 0.29) is 6.10 Å². The van der Waals surface area contributed by atoms with Crippen LogP contribution in [0.5, 0.6) is 5.75 Å². The Bertz CT molecular complexity index is 469. The number of rotatable bonds is 4. The smallest absolute Gasteiger partial charge is 0.138 e. The Morgan fingerprint density at radius 3 is 2.45 bits per heavy atom. The van der Waals surface area contributed by atoms with Gasteiger partial charge >= 0.3 is 0 Å². The van der Waals surface area contributed by atoms with E-state index in [4.69, 9.17) is 4.74 Å². The number of piperazine rings is 1. The molecule has 5 nitrogen and oxygen atoms in total. The fraction of sp³-hybridized carbons (Fsp3) is 0.647. The van der Waals surface area contributed by atoms with Crippen LogP contribution < -0.4 is 4.90 Å². The van der Waals surface area contributed by atoms with E-state index < -0.39 is 0 Å². The van der Waals surface area contributed by atoms with E-state index in [9.17, 15) is 10.2 Å². The average Bonchev–Trinajstić information content (AvgIpc) is 2.57. The molecule has 22 heavy (non-hydrogen) atoms. The number of phenolic OH excluding ortho intramolecular Hbond substituents is 1. The second-order valence-electron chi connectivity index (χ2n) is 6.29. The number of ether oxygens (including phenoxy) is 1. The molecule has 0 bridgehead atoms. The van der Waals surface area contributed by atoms with Crippen molar-refractivity contribution in [2.24, 2.45) is 5.92 Å². The first-order chi connectivity index (χ1) is 10.7. The van der Waals surface area contributed by atoms with Gasteiger partial charge in [0.2, 0.25) is 0 Å². The summed E-state index contributed by atoms with van der Waals surface area (Å²) >= 11 is 0. The van der Waals surface area contributed by atoms with Crippen molar-refractivity contribution >= 4 is 5.69 Å². The molecule has 0 aliphatic carbocycles. The number of hydrogen-bond acceptors (Lipinski definition) is 5. The monoisotopic (exact) mass is 306 g/mol. The third kappa shape index (κ3) is 3.72. The van der Waals surface area contributed by atoms with E-state index in [1.165, 1.54) is 0 Å². The molecule has 1 aromatic rings. The lowest BCUT2D eigenvalue weighted by molar-refractivity contribution is -0.00678. The van der Waals surface area contributed by atoms with Gasteiger partial charge in [0, 0.05) is 45.9 Å². The Morgan fingerprint density at radius 2 is 1.77 bits per heavy atom. The number of aliphatic hydroxyl groups excluding tert-OH is 1. The maximum Gasteiger partial charge on any atom is 0.138 e. The number of para-hydroxylation sites is 2. The Hall–Kier alpha value is -1.30. The molecular weight excluding hydrogens is 280 g/mol. The minimum atomic E-state index is -0.249. The number of benzene rings is 1. The van der Waals surface area contributed by atoms with Gasteiger partial charge in [-0.2, -0.15) is 0 Å². The standard InChI is InChI=1S/C17H26N2O3/c20-16-4-2-1-3-15(16)19-9-7-18(8-10-19)13-17(21)14-5-11-22-12-6-14/h1-4,14,17,20-21H,5-13H2. The van der Waals surface area contributed by atoms with Crippen LogP contribution in [0.15, 0.2) is 24.3 Å². The van der Waals surface area contributed by atoms with Crippen LogP contribution in [0.2, 0.25) is 0 Å². The molecule has 0 radical (unpaired) electrons. The maximum absolute atomic E-state index is 10.4. The number of aliphatic hydroxyl groups is 1. The van der Waals surface area contributed by atoms with E-state index >= 15 is 0 Å². The summed E-state index contributed by atoms with van der Waals surface area (Å²) in [5, 5.41) is 20.3. The van der Waals surface area contributed by atoms with Crippen molar-refractivity contribution in [2.45, 2.75) is 18.9 Å². The van der Waals surface area contributed by atoms with Gasteiger partial charge in [0.05, 0.1) is 11.8 Å². The zero-order valence-corrected chi connectivity index (χ0v) is 13.0. The first kappa shape index (κ1) is 15.6. The lowest BCUT2D eigenvalue weighted by Crippen LogP contribution is -2.49. The highest BCUT2D eigenvalue weighted by molar-refractivity contribution is 5.57. The molecule has 0 aromatic heterocycles. The van der Waals surface area contributed by atoms with Crippen LogP contribution in [0.1, 0.15) is 12.8 Å². The zero-order chi connectivity index (χ0) is 15.4. The molecule has 0 spiro atoms. The molecule has 3 rings (SSSR count). The van der Waals surface area contributed by atoms with Gasteiger partial charge in [-0.05, 0) is 30.9 Å². The second kappa shape index (κ2) is 7.31. The molecule has 122 valence electrons. The van der Waals surface area contributed by atoms with Crippen molar-refractivity contribution in [1.82, 2.24) is 4.90 Å². The van der Waals surface area contributed by atoms with Crippen LogP contribution in [0.25, 0.3) is 0 Å². The molecule has 2 N–H and O–H groups in total. The van der Waals surface area contributed by atoms with Gasteiger partial charge in [0.1, 0.15) is 5.75 Å². The minimum absolute atomic E-state index is 0.249. The Balaban J connectivity index is 1.48. The van der Waals surface area contributed by atoms with E-state index in [0.717, 1.165) is 64.5 Å². The van der Waals surface area contributed by atoms with Crippen molar-refractivity contribution in [3.05, 3.63) is 24.3 Å². The highest BCUT2D eigenvalue weighted by atomic mass is 16.5. The molecule has 0 saturated carbocycles. The summed E-state index contributed by atoms with van der Waals surface area (Å²) in [6.07, 6.45) is 1.69. The summed E-state index contributed by atoms with van der Waals surface area (Å²) in [6, 6.07) is 7.49. The van der Waals surface area contributed by atoms with Crippen LogP contribution in [0.3, 0.4) is 0 Å². The fourth-order valence-electron chi connectivity index (χ4n) is 3.42. The van der Waals surface area contributed by atoms with E-state index in [2.05, 4.69) is 9.80 Å². The Labute approximate surface area is 132 Å². The molecular formula is C17H26N2O3. The van der Waals surface area contributed by atoms with Crippen molar-refractivity contribution < 1.29 is 14.9 Å². The highest BCUT2D eigenvalue weighted by Gasteiger charge is 2.26. The van der Waals surface area contributed by atoms with Crippen molar-refractivity contribution in [2.75, 3.05) is 50.8 Å². The number of phenols is 1. The van der Waals surface area contributed by atoms with Crippen LogP contribution in [0, 0.1) is 5.92 Å². The Kier molecular flexibility index (Phi) is 5.18. The quantitative estimate of drug-likeness (QED) is 0.878. The van der Waals surface area contributed by atoms with Crippen molar-refractivity contribution in [1.29, 1.82) is 0 Å². The summed E-state index contributed by atoms with van der Waals surface area (Å²) in [4.78, 5) is 4.54. The van der Waals surface area contributed by atoms with Crippen LogP contribution in [0.4, 0.5) is 5.69 Å². The lowest BCUT2D eigenvalue weighted by atomic mass is 9.93. The van der Waals surface area contributed by atoms with Gasteiger partial charge in [0.15, 0.2) is 0 Å². The molecule has 2 fully saturated rings. The van der Waals surface area contributed by atoms with Gasteiger partial charge in [0.25, 0.3) is 0 Å². The van der Waals surface area contributed by atoms with Gasteiger partial charge in [-0.25, -0.2) is 0 Å². The van der Waals surface area contributed by atoms with E-state index in [1.54, 1.807) is 6.07 Å². The molecule has 1 unspecified atom stereocenters. The van der Waals surface area contributed by atoms with Crippen LogP contribution in [-0.2, 0) is 4.74 Å². The first-order valence-corrected chi connectivity index (χ1v) is 8.25. The summed E-state index contributed by atoms with van der Waals surface area (Å²) in [7, 11) is 0. The average molecular weight is 306 g/mol. The number of hydrogen-bond donors (Lipinski definition) is 2. The molecule has 2 aliphatic heterocycles. The minimum Gasteiger partial charge on any atom is -0.506 e. The van der Waals surface area contributed by atoms with Gasteiger partial charge in [-0.15, -0.1) is 0 Å². The zero-order valence-electron chi connectivity index (χ0n) is 13.0. The number of aromatic hydroxyl groups is 1. The molecule has 2 saturated heterocycles. The van der Waals surface area contributed by atoms with Crippen molar-refractivity contribution in [3.63, 3.8) is 0 Å². The van der Waals surface area contributed by atoms with Gasteiger partial charge in [-0.1, -0.05) is 12.1 Å². The van der Waals surface area contributed by atoms with Gasteiger partial charge in [-0.3, -0.25) is 4.90 Å². The lowest BCUT2D eigenvalue weighted by Gasteiger charge is -2.38. The number of anilines is 1. The third-order valence-corrected chi connectivity index (χ3v) is 4.85. The summed E-state index contributed by atoms with van der Waals surface area (Å²) in [6.45, 7) is 5.93. The maximum atomic E-state index is 10.4. The molecule has 5 heteroatoms. The molecule has 2 aliphatic rings.